The van der Waals surface area contributed by atoms with E-state index in [1.165, 1.54) is 12.8 Å². The van der Waals surface area contributed by atoms with E-state index < -0.39 is 6.10 Å². The number of nitrogens with zero attached hydrogens (tertiary/aromatic N) is 1. The highest BCUT2D eigenvalue weighted by molar-refractivity contribution is 6.36. The van der Waals surface area contributed by atoms with Crippen LogP contribution in [0.5, 0.6) is 11.5 Å². The molecule has 34 heavy (non-hydrogen) atoms. The van der Waals surface area contributed by atoms with Crippen molar-refractivity contribution in [2.45, 2.75) is 25.5 Å². The van der Waals surface area contributed by atoms with Crippen molar-refractivity contribution in [3.63, 3.8) is 0 Å². The fourth-order valence-electron chi connectivity index (χ4n) is 4.60. The number of likely N-dealkylation sites (tertiary alicyclic amines) is 1. The summed E-state index contributed by atoms with van der Waals surface area (Å²) in [5, 5.41) is 23.5. The van der Waals surface area contributed by atoms with Crippen molar-refractivity contribution in [3.05, 3.63) is 52.0 Å². The molecule has 0 radical (unpaired) electrons. The molecule has 2 aromatic rings. The Balaban J connectivity index is 1.34. The molecule has 1 fully saturated rings. The number of rotatable bonds is 9. The second-order valence-electron chi connectivity index (χ2n) is 8.67. The van der Waals surface area contributed by atoms with Crippen molar-refractivity contribution in [1.29, 1.82) is 0 Å². The molecule has 0 aromatic heterocycles. The number of methoxy groups -OCH3 is 1. The summed E-state index contributed by atoms with van der Waals surface area (Å²) in [4.78, 5) is 2.27. The fourth-order valence-corrected chi connectivity index (χ4v) is 5.13. The summed E-state index contributed by atoms with van der Waals surface area (Å²) < 4.78 is 11.6. The third-order valence-corrected chi connectivity index (χ3v) is 7.07. The Kier molecular flexibility index (Phi) is 6.79. The number of aromatic amines is 2. The standard InChI is InChI=1S/C25H28Cl2N4O3/c1-33-22-11-17-15(10-23(22)34-14-16(32)13-31-7-2-3-8-31)9-18-24(17)29-30-25(18)28-12-19-20(26)5-4-6-21(19)27/h4-6,9-11,16,28-30,32H,2-3,7-8,12-14H2,1H3. The van der Waals surface area contributed by atoms with E-state index in [4.69, 9.17) is 32.7 Å². The maximum Gasteiger partial charge on any atom is 0.161 e. The van der Waals surface area contributed by atoms with Gasteiger partial charge in [-0.1, -0.05) is 29.3 Å². The van der Waals surface area contributed by atoms with E-state index >= 15 is 0 Å². The first-order valence-corrected chi connectivity index (χ1v) is 12.2. The summed E-state index contributed by atoms with van der Waals surface area (Å²) in [7, 11) is 1.62. The van der Waals surface area contributed by atoms with Gasteiger partial charge in [-0.05, 0) is 61.6 Å². The molecule has 1 unspecified atom stereocenters. The summed E-state index contributed by atoms with van der Waals surface area (Å²) in [6.07, 6.45) is 1.85. The number of anilines is 1. The molecule has 180 valence electrons. The minimum Gasteiger partial charge on any atom is -0.493 e. The van der Waals surface area contributed by atoms with Gasteiger partial charge in [0.15, 0.2) is 11.5 Å². The highest BCUT2D eigenvalue weighted by Crippen LogP contribution is 2.42. The molecule has 5 rings (SSSR count). The molecule has 7 nitrogen and oxygen atoms in total. The smallest absolute Gasteiger partial charge is 0.161 e. The fraction of sp³-hybridized carbons (Fsp3) is 0.360. The Hall–Kier alpha value is -2.58. The quantitative estimate of drug-likeness (QED) is 0.247. The molecule has 0 bridgehead atoms. The number of ether oxygens (including phenoxy) is 2. The molecule has 4 N–H and O–H groups in total. The van der Waals surface area contributed by atoms with Crippen LogP contribution in [-0.4, -0.2) is 59.7 Å². The lowest BCUT2D eigenvalue weighted by molar-refractivity contribution is 0.0748. The van der Waals surface area contributed by atoms with Crippen LogP contribution in [0.3, 0.4) is 0 Å². The number of β-amino-alcohol motifs (C(OH)–C–C–N with tert-alkyl or cyclic N) is 1. The predicted octanol–water partition coefficient (Wildman–Crippen LogP) is 5.36. The van der Waals surface area contributed by atoms with E-state index in [-0.39, 0.29) is 6.61 Å². The first-order valence-electron chi connectivity index (χ1n) is 11.4. The molecule has 9 heteroatoms. The maximum absolute atomic E-state index is 10.4. The topological polar surface area (TPSA) is 85.5 Å². The number of nitrogens with one attached hydrogen (secondary N) is 3. The minimum atomic E-state index is -0.546. The molecular formula is C25H28Cl2N4O3. The summed E-state index contributed by atoms with van der Waals surface area (Å²) in [5.74, 6) is 2.08. The third kappa shape index (κ3) is 4.66. The average Bonchev–Trinajstić information content (AvgIpc) is 3.54. The van der Waals surface area contributed by atoms with Crippen LogP contribution in [-0.2, 0) is 6.54 Å². The number of fused-ring (bicyclic) bond motifs is 3. The van der Waals surface area contributed by atoms with Crippen LogP contribution in [0.2, 0.25) is 10.0 Å². The highest BCUT2D eigenvalue weighted by atomic mass is 35.5. The van der Waals surface area contributed by atoms with Crippen molar-refractivity contribution in [2.24, 2.45) is 0 Å². The predicted molar refractivity (Wildman–Crippen MR) is 137 cm³/mol. The SMILES string of the molecule is COc1cc2c3[nH][nH]c(NCc4c(Cl)cccc4Cl)c-3cc2cc1OCC(O)CN1CCCC1. The molecular weight excluding hydrogens is 475 g/mol. The molecule has 1 aliphatic carbocycles. The van der Waals surface area contributed by atoms with E-state index in [1.54, 1.807) is 7.11 Å². The molecule has 1 atom stereocenters. The van der Waals surface area contributed by atoms with Gasteiger partial charge in [0.25, 0.3) is 0 Å². The molecule has 2 aliphatic heterocycles. The van der Waals surface area contributed by atoms with Gasteiger partial charge < -0.3 is 24.8 Å². The molecule has 2 heterocycles. The zero-order chi connectivity index (χ0) is 23.7. The van der Waals surface area contributed by atoms with Crippen LogP contribution < -0.4 is 14.8 Å². The van der Waals surface area contributed by atoms with Crippen LogP contribution >= 0.6 is 23.2 Å². The number of aliphatic hydroxyl groups is 1. The van der Waals surface area contributed by atoms with Gasteiger partial charge in [-0.2, -0.15) is 0 Å². The largest absolute Gasteiger partial charge is 0.493 e. The van der Waals surface area contributed by atoms with Crippen molar-refractivity contribution >= 4 is 39.8 Å². The summed E-state index contributed by atoms with van der Waals surface area (Å²) in [5.41, 5.74) is 2.81. The van der Waals surface area contributed by atoms with Gasteiger partial charge in [-0.3, -0.25) is 10.2 Å². The third-order valence-electron chi connectivity index (χ3n) is 6.36. The maximum atomic E-state index is 10.4. The molecule has 1 saturated heterocycles. The molecule has 2 aromatic carbocycles. The lowest BCUT2D eigenvalue weighted by Gasteiger charge is -2.20. The van der Waals surface area contributed by atoms with E-state index in [1.807, 2.05) is 30.3 Å². The van der Waals surface area contributed by atoms with Gasteiger partial charge in [-0.25, -0.2) is 0 Å². The minimum absolute atomic E-state index is 0.218. The molecule has 0 saturated carbocycles. The average molecular weight is 503 g/mol. The van der Waals surface area contributed by atoms with E-state index in [0.29, 0.717) is 34.6 Å². The first-order chi connectivity index (χ1) is 16.5. The summed E-state index contributed by atoms with van der Waals surface area (Å²) in [6, 6.07) is 11.5. The number of hydrogen-bond acceptors (Lipinski definition) is 5. The van der Waals surface area contributed by atoms with Gasteiger partial charge in [0.2, 0.25) is 0 Å². The zero-order valence-corrected chi connectivity index (χ0v) is 20.5. The van der Waals surface area contributed by atoms with Crippen LogP contribution in [0.25, 0.3) is 22.0 Å². The lowest BCUT2D eigenvalue weighted by atomic mass is 10.2. The zero-order valence-electron chi connectivity index (χ0n) is 19.0. The number of aliphatic hydroxyl groups excluding tert-OH is 1. The lowest BCUT2D eigenvalue weighted by Crippen LogP contribution is -2.33. The number of hydrogen-bond donors (Lipinski definition) is 4. The molecule has 3 aliphatic rings. The van der Waals surface area contributed by atoms with Crippen LogP contribution in [0.1, 0.15) is 18.4 Å². The molecule has 0 spiro atoms. The summed E-state index contributed by atoms with van der Waals surface area (Å²) in [6.45, 7) is 3.42. The Bertz CT molecular complexity index is 1230. The Labute approximate surface area is 208 Å². The van der Waals surface area contributed by atoms with Gasteiger partial charge in [0.05, 0.1) is 12.8 Å². The second-order valence-corrected chi connectivity index (χ2v) is 9.49. The van der Waals surface area contributed by atoms with Crippen LogP contribution in [0.15, 0.2) is 36.4 Å². The van der Waals surface area contributed by atoms with Crippen LogP contribution in [0.4, 0.5) is 5.82 Å². The van der Waals surface area contributed by atoms with Crippen molar-refractivity contribution in [1.82, 2.24) is 15.1 Å². The number of benzene rings is 2. The van der Waals surface area contributed by atoms with Gasteiger partial charge >= 0.3 is 0 Å². The van der Waals surface area contributed by atoms with Gasteiger partial charge in [0, 0.05) is 39.6 Å². The van der Waals surface area contributed by atoms with Crippen molar-refractivity contribution in [2.75, 3.05) is 38.7 Å². The van der Waals surface area contributed by atoms with Gasteiger partial charge in [0.1, 0.15) is 18.5 Å². The number of aromatic nitrogens is 2. The van der Waals surface area contributed by atoms with Crippen molar-refractivity contribution < 1.29 is 14.6 Å². The Morgan fingerprint density at radius 2 is 1.85 bits per heavy atom. The highest BCUT2D eigenvalue weighted by Gasteiger charge is 2.21. The molecule has 0 amide bonds. The Morgan fingerprint density at radius 3 is 2.59 bits per heavy atom. The normalized spacial score (nSPS) is 15.3. The summed E-state index contributed by atoms with van der Waals surface area (Å²) >= 11 is 12.6. The van der Waals surface area contributed by atoms with E-state index in [9.17, 15) is 5.11 Å². The van der Waals surface area contributed by atoms with Crippen LogP contribution in [0, 0.1) is 0 Å². The number of H-pyrrole nitrogens is 2. The monoisotopic (exact) mass is 502 g/mol. The van der Waals surface area contributed by atoms with E-state index in [0.717, 1.165) is 46.5 Å². The number of halogens is 2. The first kappa shape index (κ1) is 23.2. The second kappa shape index (κ2) is 9.96. The Morgan fingerprint density at radius 1 is 1.09 bits per heavy atom. The van der Waals surface area contributed by atoms with Crippen molar-refractivity contribution in [3.8, 4) is 22.8 Å². The van der Waals surface area contributed by atoms with E-state index in [2.05, 4.69) is 26.5 Å². The van der Waals surface area contributed by atoms with Gasteiger partial charge in [-0.15, -0.1) is 0 Å².